The Morgan fingerprint density at radius 1 is 0.950 bits per heavy atom. The van der Waals surface area contributed by atoms with Crippen LogP contribution in [0.1, 0.15) is 56.1 Å². The van der Waals surface area contributed by atoms with E-state index in [1.54, 1.807) is 0 Å². The molecule has 2 heteroatoms. The van der Waals surface area contributed by atoms with Crippen molar-refractivity contribution in [2.24, 2.45) is 11.1 Å². The molecular formula is C18H28N2. The quantitative estimate of drug-likeness (QED) is 0.909. The number of likely N-dealkylation sites (tertiary alicyclic amines) is 1. The van der Waals surface area contributed by atoms with Gasteiger partial charge >= 0.3 is 0 Å². The van der Waals surface area contributed by atoms with E-state index >= 15 is 0 Å². The summed E-state index contributed by atoms with van der Waals surface area (Å²) in [6.45, 7) is 4.32. The summed E-state index contributed by atoms with van der Waals surface area (Å²) < 4.78 is 0. The lowest BCUT2D eigenvalue weighted by Crippen LogP contribution is -2.40. The van der Waals surface area contributed by atoms with Crippen LogP contribution in [0.25, 0.3) is 0 Å². The third-order valence-corrected chi connectivity index (χ3v) is 5.46. The van der Waals surface area contributed by atoms with Crippen LogP contribution in [-0.4, -0.2) is 18.0 Å². The monoisotopic (exact) mass is 272 g/mol. The fourth-order valence-corrected chi connectivity index (χ4v) is 4.10. The van der Waals surface area contributed by atoms with Gasteiger partial charge in [0.2, 0.25) is 0 Å². The number of rotatable bonds is 3. The fraction of sp³-hybridized carbons (Fsp3) is 0.667. The van der Waals surface area contributed by atoms with Crippen LogP contribution < -0.4 is 5.73 Å². The molecular weight excluding hydrogens is 244 g/mol. The van der Waals surface area contributed by atoms with E-state index in [1.165, 1.54) is 69.2 Å². The molecule has 1 heterocycles. The molecule has 1 aliphatic carbocycles. The van der Waals surface area contributed by atoms with E-state index in [2.05, 4.69) is 29.2 Å². The van der Waals surface area contributed by atoms with Gasteiger partial charge in [-0.2, -0.15) is 0 Å². The fourth-order valence-electron chi connectivity index (χ4n) is 4.10. The van der Waals surface area contributed by atoms with Gasteiger partial charge in [0.05, 0.1) is 0 Å². The van der Waals surface area contributed by atoms with Crippen LogP contribution >= 0.6 is 0 Å². The van der Waals surface area contributed by atoms with Crippen LogP contribution in [0.3, 0.4) is 0 Å². The molecule has 2 fully saturated rings. The molecule has 0 amide bonds. The molecule has 2 nitrogen and oxygen atoms in total. The highest BCUT2D eigenvalue weighted by Gasteiger charge is 2.35. The van der Waals surface area contributed by atoms with Crippen molar-refractivity contribution < 1.29 is 0 Å². The van der Waals surface area contributed by atoms with Crippen molar-refractivity contribution >= 4 is 0 Å². The second kappa shape index (κ2) is 6.28. The Bertz CT molecular complexity index is 425. The van der Waals surface area contributed by atoms with Gasteiger partial charge in [-0.25, -0.2) is 0 Å². The average Bonchev–Trinajstić information content (AvgIpc) is 2.51. The molecule has 20 heavy (non-hydrogen) atoms. The first-order chi connectivity index (χ1) is 9.80. The van der Waals surface area contributed by atoms with Gasteiger partial charge in [-0.05, 0) is 55.3 Å². The van der Waals surface area contributed by atoms with Crippen LogP contribution in [-0.2, 0) is 13.1 Å². The summed E-state index contributed by atoms with van der Waals surface area (Å²) in [5.74, 6) is 0. The Morgan fingerprint density at radius 3 is 2.35 bits per heavy atom. The van der Waals surface area contributed by atoms with Crippen molar-refractivity contribution in [1.82, 2.24) is 4.90 Å². The second-order valence-electron chi connectivity index (χ2n) is 6.86. The van der Waals surface area contributed by atoms with Crippen molar-refractivity contribution in [3.8, 4) is 0 Å². The lowest BCUT2D eigenvalue weighted by atomic mass is 9.68. The first kappa shape index (κ1) is 14.1. The van der Waals surface area contributed by atoms with Crippen LogP contribution in [0.4, 0.5) is 0 Å². The summed E-state index contributed by atoms with van der Waals surface area (Å²) in [4.78, 5) is 2.63. The zero-order valence-corrected chi connectivity index (χ0v) is 12.6. The lowest BCUT2D eigenvalue weighted by Gasteiger charge is -2.44. The molecule has 1 aromatic carbocycles. The summed E-state index contributed by atoms with van der Waals surface area (Å²) in [6, 6.07) is 8.77. The lowest BCUT2D eigenvalue weighted by molar-refractivity contribution is 0.0641. The van der Waals surface area contributed by atoms with Crippen LogP contribution in [0.15, 0.2) is 24.3 Å². The molecule has 2 aliphatic rings. The molecule has 1 spiro atoms. The van der Waals surface area contributed by atoms with Crippen LogP contribution in [0, 0.1) is 5.41 Å². The maximum atomic E-state index is 5.73. The Hall–Kier alpha value is -0.860. The zero-order valence-electron chi connectivity index (χ0n) is 12.6. The predicted octanol–water partition coefficient (Wildman–Crippen LogP) is 3.69. The second-order valence-corrected chi connectivity index (χ2v) is 6.86. The minimum atomic E-state index is 0.650. The van der Waals surface area contributed by atoms with Gasteiger partial charge in [0, 0.05) is 13.1 Å². The Balaban J connectivity index is 1.55. The van der Waals surface area contributed by atoms with Crippen molar-refractivity contribution in [1.29, 1.82) is 0 Å². The molecule has 1 saturated heterocycles. The number of hydrogen-bond donors (Lipinski definition) is 1. The largest absolute Gasteiger partial charge is 0.326 e. The third kappa shape index (κ3) is 3.24. The van der Waals surface area contributed by atoms with E-state index in [0.717, 1.165) is 6.54 Å². The van der Waals surface area contributed by atoms with Crippen molar-refractivity contribution in [3.05, 3.63) is 35.4 Å². The number of hydrogen-bond acceptors (Lipinski definition) is 2. The standard InChI is InChI=1S/C18H28N2/c19-14-16-5-4-6-17(13-16)15-20-11-9-18(10-12-20)7-2-1-3-8-18/h4-6,13H,1-3,7-12,14-15,19H2. The van der Waals surface area contributed by atoms with Crippen LogP contribution in [0.2, 0.25) is 0 Å². The first-order valence-corrected chi connectivity index (χ1v) is 8.30. The zero-order chi connectivity index (χ0) is 13.8. The summed E-state index contributed by atoms with van der Waals surface area (Å²) in [6.07, 6.45) is 10.2. The highest BCUT2D eigenvalue weighted by Crippen LogP contribution is 2.44. The Labute approximate surface area is 123 Å². The molecule has 0 bridgehead atoms. The molecule has 3 rings (SSSR count). The molecule has 0 unspecified atom stereocenters. The van der Waals surface area contributed by atoms with E-state index in [-0.39, 0.29) is 0 Å². The molecule has 0 aromatic heterocycles. The van der Waals surface area contributed by atoms with E-state index in [0.29, 0.717) is 12.0 Å². The van der Waals surface area contributed by atoms with E-state index in [4.69, 9.17) is 5.73 Å². The van der Waals surface area contributed by atoms with E-state index in [9.17, 15) is 0 Å². The molecule has 110 valence electrons. The Kier molecular flexibility index (Phi) is 4.42. The summed E-state index contributed by atoms with van der Waals surface area (Å²) in [7, 11) is 0. The maximum absolute atomic E-state index is 5.73. The number of piperidine rings is 1. The van der Waals surface area contributed by atoms with Gasteiger partial charge < -0.3 is 5.73 Å². The van der Waals surface area contributed by atoms with E-state index < -0.39 is 0 Å². The van der Waals surface area contributed by atoms with Crippen molar-refractivity contribution in [2.45, 2.75) is 58.0 Å². The molecule has 0 atom stereocenters. The van der Waals surface area contributed by atoms with Crippen molar-refractivity contribution in [3.63, 3.8) is 0 Å². The minimum absolute atomic E-state index is 0.650. The Morgan fingerprint density at radius 2 is 1.65 bits per heavy atom. The van der Waals surface area contributed by atoms with Gasteiger partial charge in [0.1, 0.15) is 0 Å². The minimum Gasteiger partial charge on any atom is -0.326 e. The van der Waals surface area contributed by atoms with Gasteiger partial charge in [0.25, 0.3) is 0 Å². The molecule has 2 N–H and O–H groups in total. The SMILES string of the molecule is NCc1cccc(CN2CCC3(CCCCC3)CC2)c1. The van der Waals surface area contributed by atoms with Gasteiger partial charge in [-0.15, -0.1) is 0 Å². The number of nitrogens with zero attached hydrogens (tertiary/aromatic N) is 1. The summed E-state index contributed by atoms with van der Waals surface area (Å²) >= 11 is 0. The normalized spacial score (nSPS) is 23.1. The molecule has 1 saturated carbocycles. The average molecular weight is 272 g/mol. The summed E-state index contributed by atoms with van der Waals surface area (Å²) in [5, 5.41) is 0. The third-order valence-electron chi connectivity index (χ3n) is 5.46. The first-order valence-electron chi connectivity index (χ1n) is 8.30. The van der Waals surface area contributed by atoms with Crippen LogP contribution in [0.5, 0.6) is 0 Å². The van der Waals surface area contributed by atoms with E-state index in [1.807, 2.05) is 0 Å². The van der Waals surface area contributed by atoms with Crippen molar-refractivity contribution in [2.75, 3.05) is 13.1 Å². The predicted molar refractivity (Wildman–Crippen MR) is 84.4 cm³/mol. The molecule has 0 radical (unpaired) electrons. The van der Waals surface area contributed by atoms with Gasteiger partial charge in [-0.3, -0.25) is 4.90 Å². The van der Waals surface area contributed by atoms with Gasteiger partial charge in [-0.1, -0.05) is 43.5 Å². The summed E-state index contributed by atoms with van der Waals surface area (Å²) in [5.41, 5.74) is 9.12. The highest BCUT2D eigenvalue weighted by atomic mass is 15.1. The highest BCUT2D eigenvalue weighted by molar-refractivity contribution is 5.23. The molecule has 1 aliphatic heterocycles. The smallest absolute Gasteiger partial charge is 0.0233 e. The number of benzene rings is 1. The molecule has 1 aromatic rings. The topological polar surface area (TPSA) is 29.3 Å². The maximum Gasteiger partial charge on any atom is 0.0233 e. The number of nitrogens with two attached hydrogens (primary N) is 1. The van der Waals surface area contributed by atoms with Gasteiger partial charge in [0.15, 0.2) is 0 Å².